The summed E-state index contributed by atoms with van der Waals surface area (Å²) in [4.78, 5) is 15.5. The number of halogens is 3. The molecule has 2 aliphatic rings. The maximum atomic E-state index is 14.0. The number of fused-ring (bicyclic) bond motifs is 2. The molecule has 0 saturated carbocycles. The van der Waals surface area contributed by atoms with E-state index >= 15 is 0 Å². The van der Waals surface area contributed by atoms with Crippen LogP contribution < -0.4 is 15.0 Å². The Morgan fingerprint density at radius 2 is 1.56 bits per heavy atom. The molecule has 0 aliphatic carbocycles. The Labute approximate surface area is 197 Å². The molecule has 4 rings (SSSR count). The highest BCUT2D eigenvalue weighted by Gasteiger charge is 2.42. The SMILES string of the molecule is CC(C)(Oc1cc(F)c(F)cc1F)C(=O)NC1C[C@H]2CC[C@@H](C1)N2c1ccc(S(C)(=O)=O)cc1. The van der Waals surface area contributed by atoms with Crippen molar-refractivity contribution in [1.29, 1.82) is 0 Å². The summed E-state index contributed by atoms with van der Waals surface area (Å²) in [6.45, 7) is 2.88. The Morgan fingerprint density at radius 3 is 2.12 bits per heavy atom. The second-order valence-corrected chi connectivity index (χ2v) is 11.5. The Morgan fingerprint density at radius 1 is 1.00 bits per heavy atom. The van der Waals surface area contributed by atoms with Crippen LogP contribution in [0.3, 0.4) is 0 Å². The van der Waals surface area contributed by atoms with Gasteiger partial charge in [0, 0.05) is 42.2 Å². The van der Waals surface area contributed by atoms with E-state index in [0.717, 1.165) is 18.5 Å². The summed E-state index contributed by atoms with van der Waals surface area (Å²) in [5.41, 5.74) is -0.565. The molecule has 6 nitrogen and oxygen atoms in total. The number of hydrogen-bond donors (Lipinski definition) is 1. The van der Waals surface area contributed by atoms with Crippen molar-refractivity contribution in [2.75, 3.05) is 11.2 Å². The van der Waals surface area contributed by atoms with Gasteiger partial charge in [-0.15, -0.1) is 0 Å². The largest absolute Gasteiger partial charge is 0.475 e. The summed E-state index contributed by atoms with van der Waals surface area (Å²) in [5.74, 6) is -4.70. The van der Waals surface area contributed by atoms with Crippen molar-refractivity contribution in [3.63, 3.8) is 0 Å². The van der Waals surface area contributed by atoms with Crippen LogP contribution in [0, 0.1) is 17.5 Å². The van der Waals surface area contributed by atoms with Crippen LogP contribution in [0.2, 0.25) is 0 Å². The zero-order valence-electron chi connectivity index (χ0n) is 19.1. The van der Waals surface area contributed by atoms with E-state index in [1.807, 2.05) is 12.1 Å². The Hall–Kier alpha value is -2.75. The molecule has 2 aromatic rings. The third kappa shape index (κ3) is 4.87. The first-order valence-electron chi connectivity index (χ1n) is 11.1. The third-order valence-electron chi connectivity index (χ3n) is 6.52. The van der Waals surface area contributed by atoms with Gasteiger partial charge in [0.05, 0.1) is 4.90 Å². The summed E-state index contributed by atoms with van der Waals surface area (Å²) in [6.07, 6.45) is 4.44. The third-order valence-corrected chi connectivity index (χ3v) is 7.65. The van der Waals surface area contributed by atoms with Gasteiger partial charge in [0.15, 0.2) is 38.6 Å². The fourth-order valence-electron chi connectivity index (χ4n) is 4.84. The van der Waals surface area contributed by atoms with Gasteiger partial charge >= 0.3 is 0 Å². The summed E-state index contributed by atoms with van der Waals surface area (Å²) >= 11 is 0. The lowest BCUT2D eigenvalue weighted by Crippen LogP contribution is -2.55. The van der Waals surface area contributed by atoms with Crippen LogP contribution in [-0.2, 0) is 14.6 Å². The lowest BCUT2D eigenvalue weighted by molar-refractivity contribution is -0.135. The normalized spacial score (nSPS) is 22.5. The zero-order chi connectivity index (χ0) is 24.8. The minimum Gasteiger partial charge on any atom is -0.475 e. The molecule has 1 amide bonds. The molecule has 1 N–H and O–H groups in total. The number of benzene rings is 2. The fourth-order valence-corrected chi connectivity index (χ4v) is 5.48. The first-order chi connectivity index (χ1) is 15.8. The Balaban J connectivity index is 1.42. The molecule has 184 valence electrons. The standard InChI is InChI=1S/C24H27F3N2O4S/c1-24(2,33-22-13-20(26)19(25)12-21(22)27)23(30)28-14-10-16-4-5-17(11-14)29(16)15-6-8-18(9-7-15)34(3,31)32/h6-9,12-14,16-17H,4-5,10-11H2,1-3H3,(H,28,30)/t14?,16-,17+. The van der Waals surface area contributed by atoms with Gasteiger partial charge in [-0.25, -0.2) is 21.6 Å². The first-order valence-corrected chi connectivity index (χ1v) is 13.0. The number of carbonyl (C=O) groups excluding carboxylic acids is 1. The number of sulfone groups is 1. The van der Waals surface area contributed by atoms with Crippen LogP contribution in [0.25, 0.3) is 0 Å². The number of hydrogen-bond acceptors (Lipinski definition) is 5. The van der Waals surface area contributed by atoms with Gasteiger partial charge in [0.25, 0.3) is 5.91 Å². The zero-order valence-corrected chi connectivity index (χ0v) is 20.0. The molecule has 2 aromatic carbocycles. The number of anilines is 1. The number of carbonyl (C=O) groups is 1. The average molecular weight is 497 g/mol. The summed E-state index contributed by atoms with van der Waals surface area (Å²) in [7, 11) is -3.27. The molecule has 3 atom stereocenters. The number of nitrogens with one attached hydrogen (secondary N) is 1. The van der Waals surface area contributed by atoms with Crippen LogP contribution in [0.1, 0.15) is 39.5 Å². The van der Waals surface area contributed by atoms with Crippen molar-refractivity contribution >= 4 is 21.4 Å². The maximum absolute atomic E-state index is 14.0. The molecule has 2 saturated heterocycles. The van der Waals surface area contributed by atoms with Gasteiger partial charge < -0.3 is 15.0 Å². The predicted octanol–water partition coefficient (Wildman–Crippen LogP) is 3.98. The molecule has 0 radical (unpaired) electrons. The van der Waals surface area contributed by atoms with Crippen LogP contribution in [-0.4, -0.2) is 44.3 Å². The van der Waals surface area contributed by atoms with E-state index in [2.05, 4.69) is 10.2 Å². The molecule has 1 unspecified atom stereocenters. The minimum absolute atomic E-state index is 0.130. The second kappa shape index (κ2) is 8.79. The van der Waals surface area contributed by atoms with Gasteiger partial charge in [0.2, 0.25) is 0 Å². The van der Waals surface area contributed by atoms with E-state index in [9.17, 15) is 26.4 Å². The van der Waals surface area contributed by atoms with Crippen molar-refractivity contribution in [3.8, 4) is 5.75 Å². The highest BCUT2D eigenvalue weighted by atomic mass is 32.2. The van der Waals surface area contributed by atoms with E-state index in [4.69, 9.17) is 4.74 Å². The average Bonchev–Trinajstić information content (AvgIpc) is 3.01. The molecule has 2 bridgehead atoms. The minimum atomic E-state index is -3.27. The first kappa shape index (κ1) is 24.4. The van der Waals surface area contributed by atoms with Crippen molar-refractivity contribution in [1.82, 2.24) is 5.32 Å². The van der Waals surface area contributed by atoms with Crippen molar-refractivity contribution in [2.45, 2.75) is 68.2 Å². The van der Waals surface area contributed by atoms with E-state index in [-0.39, 0.29) is 23.0 Å². The predicted molar refractivity (Wildman–Crippen MR) is 121 cm³/mol. The lowest BCUT2D eigenvalue weighted by Gasteiger charge is -2.41. The Kier molecular flexibility index (Phi) is 6.30. The maximum Gasteiger partial charge on any atom is 0.263 e. The number of nitrogens with zero attached hydrogens (tertiary/aromatic N) is 1. The summed E-state index contributed by atoms with van der Waals surface area (Å²) < 4.78 is 69.6. The van der Waals surface area contributed by atoms with E-state index in [0.29, 0.717) is 25.0 Å². The molecule has 10 heteroatoms. The number of ether oxygens (including phenoxy) is 1. The van der Waals surface area contributed by atoms with Gasteiger partial charge in [-0.3, -0.25) is 4.79 Å². The van der Waals surface area contributed by atoms with Crippen LogP contribution in [0.5, 0.6) is 5.75 Å². The molecule has 2 fully saturated rings. The van der Waals surface area contributed by atoms with Crippen molar-refractivity contribution in [2.24, 2.45) is 0 Å². The highest BCUT2D eigenvalue weighted by Crippen LogP contribution is 2.39. The van der Waals surface area contributed by atoms with Crippen LogP contribution in [0.4, 0.5) is 18.9 Å². The summed E-state index contributed by atoms with van der Waals surface area (Å²) in [5, 5.41) is 2.97. The number of piperidine rings is 1. The molecule has 2 heterocycles. The van der Waals surface area contributed by atoms with Crippen molar-refractivity contribution in [3.05, 3.63) is 53.8 Å². The van der Waals surface area contributed by atoms with Gasteiger partial charge in [-0.05, 0) is 63.8 Å². The van der Waals surface area contributed by atoms with Crippen LogP contribution in [0.15, 0.2) is 41.3 Å². The molecule has 0 aromatic heterocycles. The molecule has 0 spiro atoms. The quantitative estimate of drug-likeness (QED) is 0.613. The summed E-state index contributed by atoms with van der Waals surface area (Å²) in [6, 6.07) is 8.05. The lowest BCUT2D eigenvalue weighted by atomic mass is 9.95. The molecular weight excluding hydrogens is 469 g/mol. The Bertz CT molecular complexity index is 1190. The van der Waals surface area contributed by atoms with Gasteiger partial charge in [-0.2, -0.15) is 0 Å². The molecular formula is C24H27F3N2O4S. The highest BCUT2D eigenvalue weighted by molar-refractivity contribution is 7.90. The van der Waals surface area contributed by atoms with Crippen molar-refractivity contribution < 1.29 is 31.1 Å². The van der Waals surface area contributed by atoms with Crippen LogP contribution >= 0.6 is 0 Å². The monoisotopic (exact) mass is 496 g/mol. The van der Waals surface area contributed by atoms with Gasteiger partial charge in [-0.1, -0.05) is 0 Å². The number of amides is 1. The van der Waals surface area contributed by atoms with E-state index in [1.165, 1.54) is 20.1 Å². The van der Waals surface area contributed by atoms with E-state index < -0.39 is 44.5 Å². The van der Waals surface area contributed by atoms with Gasteiger partial charge in [0.1, 0.15) is 0 Å². The molecule has 34 heavy (non-hydrogen) atoms. The second-order valence-electron chi connectivity index (χ2n) is 9.51. The fraction of sp³-hybridized carbons (Fsp3) is 0.458. The number of rotatable bonds is 6. The smallest absolute Gasteiger partial charge is 0.263 e. The topological polar surface area (TPSA) is 75.7 Å². The molecule has 2 aliphatic heterocycles. The van der Waals surface area contributed by atoms with E-state index in [1.54, 1.807) is 12.1 Å².